The number of amides is 1. The van der Waals surface area contributed by atoms with Crippen LogP contribution >= 0.6 is 23.2 Å². The molecule has 1 aliphatic rings. The molecule has 1 fully saturated rings. The highest BCUT2D eigenvalue weighted by atomic mass is 35.5. The van der Waals surface area contributed by atoms with Gasteiger partial charge < -0.3 is 19.1 Å². The Balaban J connectivity index is 1.45. The number of hydrogen-bond acceptors (Lipinski definition) is 4. The van der Waals surface area contributed by atoms with Crippen LogP contribution in [0.5, 0.6) is 5.75 Å². The van der Waals surface area contributed by atoms with Crippen molar-refractivity contribution in [3.63, 3.8) is 0 Å². The summed E-state index contributed by atoms with van der Waals surface area (Å²) in [4.78, 5) is 14.2. The number of carbonyl (C=O) groups is 1. The number of halogens is 2. The Morgan fingerprint density at radius 2 is 1.96 bits per heavy atom. The first-order valence-electron chi connectivity index (χ1n) is 9.12. The molecule has 0 bridgehead atoms. The minimum Gasteiger partial charge on any atom is -0.484 e. The van der Waals surface area contributed by atoms with Crippen molar-refractivity contribution in [3.05, 3.63) is 63.6 Å². The second-order valence-corrected chi connectivity index (χ2v) is 7.47. The summed E-state index contributed by atoms with van der Waals surface area (Å²) in [5.74, 6) is 0.627. The van der Waals surface area contributed by atoms with Crippen molar-refractivity contribution in [3.8, 4) is 5.75 Å². The molecule has 5 nitrogen and oxygen atoms in total. The Hall–Kier alpha value is -1.79. The molecule has 2 aromatic carbocycles. The Labute approximate surface area is 175 Å². The Kier molecular flexibility index (Phi) is 7.57. The van der Waals surface area contributed by atoms with Gasteiger partial charge in [-0.15, -0.1) is 0 Å². The lowest BCUT2D eigenvalue weighted by atomic mass is 10.2. The van der Waals surface area contributed by atoms with E-state index in [1.807, 2.05) is 31.2 Å². The maximum atomic E-state index is 12.5. The van der Waals surface area contributed by atoms with Gasteiger partial charge in [0.2, 0.25) is 0 Å². The minimum absolute atomic E-state index is 0.00621. The highest BCUT2D eigenvalue weighted by Gasteiger charge is 2.24. The second-order valence-electron chi connectivity index (χ2n) is 6.65. The van der Waals surface area contributed by atoms with Gasteiger partial charge in [-0.2, -0.15) is 0 Å². The predicted octanol–water partition coefficient (Wildman–Crippen LogP) is 4.12. The van der Waals surface area contributed by atoms with Crippen molar-refractivity contribution in [2.24, 2.45) is 0 Å². The van der Waals surface area contributed by atoms with Gasteiger partial charge in [-0.05, 0) is 36.8 Å². The van der Waals surface area contributed by atoms with Crippen molar-refractivity contribution in [2.75, 3.05) is 32.9 Å². The fraction of sp³-hybridized carbons (Fsp3) is 0.381. The van der Waals surface area contributed by atoms with Gasteiger partial charge in [0.1, 0.15) is 5.75 Å². The first-order valence-corrected chi connectivity index (χ1v) is 9.88. The third-order valence-electron chi connectivity index (χ3n) is 4.46. The lowest BCUT2D eigenvalue weighted by Crippen LogP contribution is -2.48. The maximum absolute atomic E-state index is 12.5. The van der Waals surface area contributed by atoms with Crippen molar-refractivity contribution in [1.29, 1.82) is 0 Å². The normalized spacial score (nSPS) is 16.8. The van der Waals surface area contributed by atoms with Crippen LogP contribution < -0.4 is 4.74 Å². The Bertz CT molecular complexity index is 794. The van der Waals surface area contributed by atoms with E-state index in [9.17, 15) is 4.79 Å². The zero-order valence-corrected chi connectivity index (χ0v) is 17.2. The van der Waals surface area contributed by atoms with Crippen molar-refractivity contribution in [1.82, 2.24) is 4.90 Å². The molecule has 1 atom stereocenters. The lowest BCUT2D eigenvalue weighted by molar-refractivity contribution is -0.143. The van der Waals surface area contributed by atoms with Gasteiger partial charge >= 0.3 is 0 Å². The van der Waals surface area contributed by atoms with Gasteiger partial charge in [0.25, 0.3) is 5.91 Å². The number of carbonyl (C=O) groups excluding carboxylic acids is 1. The second kappa shape index (κ2) is 10.1. The SMILES string of the molecule is Cc1cccc(OCC(=O)N2CCOC(COCc3c(Cl)cccc3Cl)C2)c1. The van der Waals surface area contributed by atoms with Gasteiger partial charge in [0, 0.05) is 28.7 Å². The van der Waals surface area contributed by atoms with E-state index >= 15 is 0 Å². The zero-order chi connectivity index (χ0) is 19.9. The summed E-state index contributed by atoms with van der Waals surface area (Å²) in [7, 11) is 0. The molecule has 0 radical (unpaired) electrons. The van der Waals surface area contributed by atoms with Gasteiger partial charge in [-0.25, -0.2) is 0 Å². The van der Waals surface area contributed by atoms with Crippen molar-refractivity contribution in [2.45, 2.75) is 19.6 Å². The average molecular weight is 424 g/mol. The number of ether oxygens (including phenoxy) is 3. The topological polar surface area (TPSA) is 48.0 Å². The summed E-state index contributed by atoms with van der Waals surface area (Å²) in [6, 6.07) is 13.0. The van der Waals surface area contributed by atoms with Gasteiger partial charge in [-0.3, -0.25) is 4.79 Å². The van der Waals surface area contributed by atoms with E-state index in [1.54, 1.807) is 23.1 Å². The average Bonchev–Trinajstić information content (AvgIpc) is 2.69. The number of aryl methyl sites for hydroxylation is 1. The van der Waals surface area contributed by atoms with Gasteiger partial charge in [0.15, 0.2) is 6.61 Å². The summed E-state index contributed by atoms with van der Waals surface area (Å²) in [5.41, 5.74) is 1.84. The van der Waals surface area contributed by atoms with Crippen LogP contribution in [0.25, 0.3) is 0 Å². The van der Waals surface area contributed by atoms with Crippen molar-refractivity contribution < 1.29 is 19.0 Å². The molecule has 28 heavy (non-hydrogen) atoms. The molecule has 1 saturated heterocycles. The Morgan fingerprint density at radius 1 is 1.21 bits per heavy atom. The molecule has 0 aromatic heterocycles. The third kappa shape index (κ3) is 5.85. The van der Waals surface area contributed by atoms with Gasteiger partial charge in [-0.1, -0.05) is 41.4 Å². The predicted molar refractivity (Wildman–Crippen MR) is 109 cm³/mol. The van der Waals surface area contributed by atoms with Crippen LogP contribution in [-0.4, -0.2) is 49.8 Å². The van der Waals surface area contributed by atoms with Crippen LogP contribution in [0, 0.1) is 6.92 Å². The van der Waals surface area contributed by atoms with E-state index < -0.39 is 0 Å². The first kappa shape index (κ1) is 20.9. The van der Waals surface area contributed by atoms with E-state index in [0.717, 1.165) is 11.1 Å². The molecule has 7 heteroatoms. The molecule has 2 aromatic rings. The molecule has 0 aliphatic carbocycles. The summed E-state index contributed by atoms with van der Waals surface area (Å²) in [5, 5.41) is 1.14. The van der Waals surface area contributed by atoms with Gasteiger partial charge in [0.05, 0.1) is 25.9 Å². The zero-order valence-electron chi connectivity index (χ0n) is 15.7. The highest BCUT2D eigenvalue weighted by Crippen LogP contribution is 2.25. The Morgan fingerprint density at radius 3 is 2.71 bits per heavy atom. The molecule has 1 heterocycles. The largest absolute Gasteiger partial charge is 0.484 e. The lowest BCUT2D eigenvalue weighted by Gasteiger charge is -2.32. The molecule has 150 valence electrons. The van der Waals surface area contributed by atoms with Crippen LogP contribution in [-0.2, 0) is 20.9 Å². The fourth-order valence-electron chi connectivity index (χ4n) is 2.95. The third-order valence-corrected chi connectivity index (χ3v) is 5.16. The van der Waals surface area contributed by atoms with Crippen LogP contribution in [0.1, 0.15) is 11.1 Å². The summed E-state index contributed by atoms with van der Waals surface area (Å²) in [6.45, 7) is 4.11. The fourth-order valence-corrected chi connectivity index (χ4v) is 3.46. The van der Waals surface area contributed by atoms with Crippen LogP contribution in [0.15, 0.2) is 42.5 Å². The maximum Gasteiger partial charge on any atom is 0.260 e. The molecule has 3 rings (SSSR count). The molecular weight excluding hydrogens is 401 g/mol. The molecule has 1 aliphatic heterocycles. The highest BCUT2D eigenvalue weighted by molar-refractivity contribution is 6.35. The van der Waals surface area contributed by atoms with E-state index in [-0.39, 0.29) is 18.6 Å². The monoisotopic (exact) mass is 423 g/mol. The summed E-state index contributed by atoms with van der Waals surface area (Å²) in [6.07, 6.45) is -0.196. The first-order chi connectivity index (χ1) is 13.5. The van der Waals surface area contributed by atoms with E-state index in [1.165, 1.54) is 0 Å². The molecular formula is C21H23Cl2NO4. The molecule has 0 N–H and O–H groups in total. The standard InChI is InChI=1S/C21H23Cl2NO4/c1-15-4-2-5-16(10-15)28-14-21(25)24-8-9-27-17(11-24)12-26-13-18-19(22)6-3-7-20(18)23/h2-7,10,17H,8-9,11-14H2,1H3. The minimum atomic E-state index is -0.196. The molecule has 0 saturated carbocycles. The quantitative estimate of drug-likeness (QED) is 0.671. The number of nitrogens with zero attached hydrogens (tertiary/aromatic N) is 1. The smallest absolute Gasteiger partial charge is 0.260 e. The molecule has 1 unspecified atom stereocenters. The summed E-state index contributed by atoms with van der Waals surface area (Å²) < 4.78 is 17.0. The number of benzene rings is 2. The van der Waals surface area contributed by atoms with E-state index in [2.05, 4.69) is 0 Å². The van der Waals surface area contributed by atoms with Crippen LogP contribution in [0.2, 0.25) is 10.0 Å². The summed E-state index contributed by atoms with van der Waals surface area (Å²) >= 11 is 12.3. The van der Waals surface area contributed by atoms with Crippen LogP contribution in [0.3, 0.4) is 0 Å². The van der Waals surface area contributed by atoms with E-state index in [4.69, 9.17) is 37.4 Å². The van der Waals surface area contributed by atoms with Crippen molar-refractivity contribution >= 4 is 29.1 Å². The number of morpholine rings is 1. The molecule has 0 spiro atoms. The molecule has 1 amide bonds. The number of hydrogen-bond donors (Lipinski definition) is 0. The van der Waals surface area contributed by atoms with Crippen LogP contribution in [0.4, 0.5) is 0 Å². The van der Waals surface area contributed by atoms with E-state index in [0.29, 0.717) is 48.7 Å². The number of rotatable bonds is 7.